The van der Waals surface area contributed by atoms with Gasteiger partial charge in [0.15, 0.2) is 5.17 Å². The lowest BCUT2D eigenvalue weighted by molar-refractivity contribution is -0.121. The first-order chi connectivity index (χ1) is 18.2. The van der Waals surface area contributed by atoms with Crippen LogP contribution in [0.15, 0.2) is 114 Å². The highest BCUT2D eigenvalue weighted by molar-refractivity contribution is 8.18. The van der Waals surface area contributed by atoms with Crippen LogP contribution in [0.3, 0.4) is 0 Å². The van der Waals surface area contributed by atoms with Gasteiger partial charge in [0.1, 0.15) is 0 Å². The molecule has 0 bridgehead atoms. The number of aliphatic imine (C=N–C) groups is 1. The van der Waals surface area contributed by atoms with Crippen molar-refractivity contribution in [3.63, 3.8) is 0 Å². The summed E-state index contributed by atoms with van der Waals surface area (Å²) in [7, 11) is 0. The van der Waals surface area contributed by atoms with Crippen molar-refractivity contribution in [1.82, 2.24) is 19.7 Å². The van der Waals surface area contributed by atoms with Gasteiger partial charge in [-0.1, -0.05) is 78.1 Å². The Balaban J connectivity index is 1.42. The first-order valence-corrected chi connectivity index (χ1v) is 13.3. The van der Waals surface area contributed by atoms with Crippen LogP contribution in [0.1, 0.15) is 5.56 Å². The number of carbonyl (C=O) groups excluding carboxylic acids is 1. The summed E-state index contributed by atoms with van der Waals surface area (Å²) >= 11 is 2.85. The van der Waals surface area contributed by atoms with Gasteiger partial charge in [0, 0.05) is 23.9 Å². The molecule has 180 valence electrons. The van der Waals surface area contributed by atoms with Crippen molar-refractivity contribution in [3.8, 4) is 16.9 Å². The van der Waals surface area contributed by atoms with Crippen molar-refractivity contribution < 1.29 is 4.79 Å². The molecule has 1 aliphatic rings. The highest BCUT2D eigenvalue weighted by atomic mass is 32.2. The normalized spacial score (nSPS) is 15.8. The Hall–Kier alpha value is -4.27. The van der Waals surface area contributed by atoms with Crippen LogP contribution in [0.2, 0.25) is 0 Å². The second-order valence-corrected chi connectivity index (χ2v) is 10.3. The predicted octanol–water partition coefficient (Wildman–Crippen LogP) is 6.94. The second kappa shape index (κ2) is 10.0. The van der Waals surface area contributed by atoms with Crippen LogP contribution in [0, 0.1) is 0 Å². The largest absolute Gasteiger partial charge is 0.282 e. The van der Waals surface area contributed by atoms with Crippen LogP contribution in [0.5, 0.6) is 0 Å². The van der Waals surface area contributed by atoms with E-state index in [1.807, 2.05) is 102 Å². The van der Waals surface area contributed by atoms with Crippen molar-refractivity contribution >= 4 is 55.6 Å². The number of para-hydroxylation sites is 2. The lowest BCUT2D eigenvalue weighted by Gasteiger charge is -2.11. The summed E-state index contributed by atoms with van der Waals surface area (Å²) in [6, 6.07) is 27.8. The number of benzene rings is 3. The van der Waals surface area contributed by atoms with Gasteiger partial charge in [-0.3, -0.25) is 9.69 Å². The van der Waals surface area contributed by atoms with Crippen LogP contribution in [-0.2, 0) is 4.79 Å². The maximum absolute atomic E-state index is 13.5. The molecule has 1 fully saturated rings. The van der Waals surface area contributed by atoms with E-state index in [9.17, 15) is 4.79 Å². The highest BCUT2D eigenvalue weighted by Crippen LogP contribution is 2.37. The molecule has 0 unspecified atom stereocenters. The summed E-state index contributed by atoms with van der Waals surface area (Å²) in [6.07, 6.45) is 5.57. The number of amides is 1. The summed E-state index contributed by atoms with van der Waals surface area (Å²) in [6.45, 7) is 4.19. The molecule has 0 radical (unpaired) electrons. The summed E-state index contributed by atoms with van der Waals surface area (Å²) in [5.74, 6) is -0.115. The topological polar surface area (TPSA) is 63.4 Å². The van der Waals surface area contributed by atoms with E-state index in [0.29, 0.717) is 21.7 Å². The number of carbonyl (C=O) groups is 1. The van der Waals surface area contributed by atoms with Crippen LogP contribution in [0.25, 0.3) is 33.2 Å². The molecule has 0 aliphatic carbocycles. The van der Waals surface area contributed by atoms with Crippen LogP contribution in [0.4, 0.5) is 5.13 Å². The molecule has 6 rings (SSSR count). The molecule has 3 heterocycles. The molecule has 5 aromatic rings. The average molecular weight is 520 g/mol. The van der Waals surface area contributed by atoms with Crippen LogP contribution < -0.4 is 0 Å². The minimum absolute atomic E-state index is 0.115. The monoisotopic (exact) mass is 519 g/mol. The predicted molar refractivity (Wildman–Crippen MR) is 153 cm³/mol. The molecule has 3 aromatic carbocycles. The first kappa shape index (κ1) is 23.1. The van der Waals surface area contributed by atoms with Gasteiger partial charge in [0.25, 0.3) is 5.91 Å². The zero-order chi connectivity index (χ0) is 25.2. The van der Waals surface area contributed by atoms with Crippen LogP contribution in [-0.4, -0.2) is 37.3 Å². The van der Waals surface area contributed by atoms with Gasteiger partial charge in [-0.2, -0.15) is 10.1 Å². The van der Waals surface area contributed by atoms with Gasteiger partial charge in [0.2, 0.25) is 5.13 Å². The number of nitrogens with zero attached hydrogens (tertiary/aromatic N) is 5. The minimum atomic E-state index is -0.115. The molecule has 0 atom stereocenters. The number of fused-ring (bicyclic) bond motifs is 1. The molecule has 1 saturated heterocycles. The van der Waals surface area contributed by atoms with Gasteiger partial charge in [-0.25, -0.2) is 9.67 Å². The zero-order valence-corrected chi connectivity index (χ0v) is 21.3. The molecule has 0 N–H and O–H groups in total. The Bertz CT molecular complexity index is 1640. The maximum Gasteiger partial charge on any atom is 0.267 e. The molecule has 2 aromatic heterocycles. The molecule has 1 aliphatic heterocycles. The van der Waals surface area contributed by atoms with Gasteiger partial charge in [-0.05, 0) is 42.1 Å². The fraction of sp³-hybridized carbons (Fsp3) is 0.0345. The Morgan fingerprint density at radius 3 is 2.43 bits per heavy atom. The third-order valence-corrected chi connectivity index (χ3v) is 7.71. The number of thioether (sulfide) groups is 1. The fourth-order valence-corrected chi connectivity index (χ4v) is 5.91. The van der Waals surface area contributed by atoms with Crippen molar-refractivity contribution in [1.29, 1.82) is 0 Å². The lowest BCUT2D eigenvalue weighted by atomic mass is 10.1. The smallest absolute Gasteiger partial charge is 0.267 e. The Labute approximate surface area is 222 Å². The van der Waals surface area contributed by atoms with Crippen molar-refractivity contribution in [2.24, 2.45) is 4.99 Å². The van der Waals surface area contributed by atoms with E-state index in [0.717, 1.165) is 32.7 Å². The van der Waals surface area contributed by atoms with E-state index < -0.39 is 0 Å². The Morgan fingerprint density at radius 2 is 1.68 bits per heavy atom. The number of thiazole rings is 1. The molecule has 0 spiro atoms. The Morgan fingerprint density at radius 1 is 0.946 bits per heavy atom. The first-order valence-electron chi connectivity index (χ1n) is 11.7. The lowest BCUT2D eigenvalue weighted by Crippen LogP contribution is -2.29. The molecule has 8 heteroatoms. The second-order valence-electron chi connectivity index (χ2n) is 8.25. The number of hydrogen-bond acceptors (Lipinski definition) is 6. The fourth-order valence-electron chi connectivity index (χ4n) is 4.04. The number of rotatable bonds is 6. The number of aromatic nitrogens is 3. The third-order valence-electron chi connectivity index (χ3n) is 5.77. The summed E-state index contributed by atoms with van der Waals surface area (Å²) in [4.78, 5) is 25.0. The summed E-state index contributed by atoms with van der Waals surface area (Å²) < 4.78 is 2.90. The molecule has 0 saturated carbocycles. The van der Waals surface area contributed by atoms with E-state index in [1.165, 1.54) is 23.1 Å². The van der Waals surface area contributed by atoms with E-state index in [2.05, 4.69) is 11.6 Å². The molecule has 1 amide bonds. The quantitative estimate of drug-likeness (QED) is 0.180. The van der Waals surface area contributed by atoms with E-state index in [-0.39, 0.29) is 5.91 Å². The summed E-state index contributed by atoms with van der Waals surface area (Å²) in [5, 5.41) is 6.08. The van der Waals surface area contributed by atoms with Crippen molar-refractivity contribution in [2.45, 2.75) is 0 Å². The minimum Gasteiger partial charge on any atom is -0.282 e. The van der Waals surface area contributed by atoms with E-state index in [1.54, 1.807) is 11.0 Å². The standard InChI is InChI=1S/C29H21N5OS2/c1-2-17-33-27(35)25(37-29(33)31-28-30-23-15-9-10-16-24(23)36-28)18-21-19-34(22-13-7-4-8-14-22)32-26(21)20-11-5-3-6-12-20/h2-16,18-19H,1,17H2. The highest BCUT2D eigenvalue weighted by Gasteiger charge is 2.33. The molecular formula is C29H21N5OS2. The Kier molecular flexibility index (Phi) is 6.26. The van der Waals surface area contributed by atoms with Gasteiger partial charge in [-0.15, -0.1) is 6.58 Å². The van der Waals surface area contributed by atoms with Gasteiger partial charge in [0.05, 0.1) is 26.5 Å². The van der Waals surface area contributed by atoms with E-state index in [4.69, 9.17) is 10.1 Å². The van der Waals surface area contributed by atoms with Crippen molar-refractivity contribution in [2.75, 3.05) is 6.54 Å². The van der Waals surface area contributed by atoms with Crippen LogP contribution >= 0.6 is 23.1 Å². The van der Waals surface area contributed by atoms with Crippen molar-refractivity contribution in [3.05, 3.63) is 114 Å². The molecular weight excluding hydrogens is 498 g/mol. The average Bonchev–Trinajstić information content (AvgIpc) is 3.62. The summed E-state index contributed by atoms with van der Waals surface area (Å²) in [5.41, 5.74) is 4.47. The maximum atomic E-state index is 13.5. The van der Waals surface area contributed by atoms with Gasteiger partial charge >= 0.3 is 0 Å². The van der Waals surface area contributed by atoms with Gasteiger partial charge < -0.3 is 0 Å². The number of amidine groups is 1. The number of hydrogen-bond donors (Lipinski definition) is 0. The van der Waals surface area contributed by atoms with E-state index >= 15 is 0 Å². The zero-order valence-electron chi connectivity index (χ0n) is 19.7. The molecule has 37 heavy (non-hydrogen) atoms. The molecule has 6 nitrogen and oxygen atoms in total. The SMILES string of the molecule is C=CCN1C(=O)C(=Cc2cn(-c3ccccc3)nc2-c2ccccc2)SC1=Nc1nc2ccccc2s1. The third kappa shape index (κ3) is 4.64.